The molecule has 0 spiro atoms. The van der Waals surface area contributed by atoms with Crippen molar-refractivity contribution in [3.05, 3.63) is 33.2 Å². The topological polar surface area (TPSA) is 37.8 Å². The molecule has 3 nitrogen and oxygen atoms in total. The van der Waals surface area contributed by atoms with E-state index in [0.717, 1.165) is 10.7 Å². The Bertz CT molecular complexity index is 346. The molecule has 0 saturated carbocycles. The van der Waals surface area contributed by atoms with Gasteiger partial charge in [-0.3, -0.25) is 0 Å². The van der Waals surface area contributed by atoms with Crippen molar-refractivity contribution in [3.63, 3.8) is 0 Å². The van der Waals surface area contributed by atoms with Crippen molar-refractivity contribution in [1.29, 1.82) is 0 Å². The van der Waals surface area contributed by atoms with E-state index in [-0.39, 0.29) is 6.04 Å². The van der Waals surface area contributed by atoms with Crippen molar-refractivity contribution >= 4 is 22.7 Å². The Kier molecular flexibility index (Phi) is 3.45. The molecule has 0 aliphatic heterocycles. The molecule has 80 valence electrons. The van der Waals surface area contributed by atoms with Crippen molar-refractivity contribution in [2.75, 3.05) is 0 Å². The van der Waals surface area contributed by atoms with Crippen molar-refractivity contribution in [1.82, 2.24) is 15.3 Å². The highest BCUT2D eigenvalue weighted by molar-refractivity contribution is 7.09. The molecule has 0 fully saturated rings. The zero-order valence-electron chi connectivity index (χ0n) is 8.68. The molecule has 2 aromatic heterocycles. The first kappa shape index (κ1) is 10.7. The molecule has 0 aromatic carbocycles. The van der Waals surface area contributed by atoms with Gasteiger partial charge in [0, 0.05) is 23.0 Å². The first-order valence-electron chi connectivity index (χ1n) is 4.81. The Labute approximate surface area is 97.2 Å². The lowest BCUT2D eigenvalue weighted by molar-refractivity contribution is 0.520. The zero-order chi connectivity index (χ0) is 10.7. The minimum Gasteiger partial charge on any atom is -0.301 e. The van der Waals surface area contributed by atoms with Crippen LogP contribution in [-0.4, -0.2) is 16.0 Å². The third-order valence-corrected chi connectivity index (χ3v) is 3.39. The highest BCUT2D eigenvalue weighted by atomic mass is 32.1. The fourth-order valence-corrected chi connectivity index (χ4v) is 2.65. The Morgan fingerprint density at radius 1 is 1.33 bits per heavy atom. The number of nitrogens with zero attached hydrogens (tertiary/aromatic N) is 2. The number of hydrogen-bond acceptors (Lipinski definition) is 5. The quantitative estimate of drug-likeness (QED) is 0.891. The van der Waals surface area contributed by atoms with Crippen LogP contribution in [0.2, 0.25) is 0 Å². The molecule has 1 unspecified atom stereocenters. The van der Waals surface area contributed by atoms with Crippen LogP contribution in [0.25, 0.3) is 0 Å². The number of thiazole rings is 2. The van der Waals surface area contributed by atoms with Gasteiger partial charge in [-0.2, -0.15) is 0 Å². The van der Waals surface area contributed by atoms with Gasteiger partial charge in [-0.15, -0.1) is 22.7 Å². The molecule has 0 saturated heterocycles. The second-order valence-electron chi connectivity index (χ2n) is 3.54. The van der Waals surface area contributed by atoms with Crippen LogP contribution < -0.4 is 5.32 Å². The highest BCUT2D eigenvalue weighted by Crippen LogP contribution is 2.23. The number of hydrogen-bond donors (Lipinski definition) is 1. The Morgan fingerprint density at radius 2 is 2.20 bits per heavy atom. The molecule has 0 amide bonds. The summed E-state index contributed by atoms with van der Waals surface area (Å²) in [6.45, 7) is 4.26. The van der Waals surface area contributed by atoms with Crippen LogP contribution in [0.1, 0.15) is 30.6 Å². The second kappa shape index (κ2) is 4.83. The Morgan fingerprint density at radius 3 is 2.73 bits per heavy atom. The summed E-state index contributed by atoms with van der Waals surface area (Å²) in [5.41, 5.74) is 2.92. The van der Waals surface area contributed by atoms with Gasteiger partial charge in [0.2, 0.25) is 0 Å². The van der Waals surface area contributed by atoms with E-state index >= 15 is 0 Å². The summed E-state index contributed by atoms with van der Waals surface area (Å²) in [6.07, 6.45) is 1.83. The van der Waals surface area contributed by atoms with Crippen LogP contribution in [0.3, 0.4) is 0 Å². The van der Waals surface area contributed by atoms with Crippen molar-refractivity contribution < 1.29 is 0 Å². The van der Waals surface area contributed by atoms with Crippen LogP contribution in [0, 0.1) is 0 Å². The van der Waals surface area contributed by atoms with Gasteiger partial charge < -0.3 is 5.32 Å². The third kappa shape index (κ3) is 2.62. The molecule has 5 heteroatoms. The summed E-state index contributed by atoms with van der Waals surface area (Å²) in [5.74, 6) is 0. The Balaban J connectivity index is 2.25. The first-order chi connectivity index (χ1) is 7.27. The predicted octanol–water partition coefficient (Wildman–Crippen LogP) is 2.69. The summed E-state index contributed by atoms with van der Waals surface area (Å²) in [6, 6.07) is 0.553. The van der Waals surface area contributed by atoms with Gasteiger partial charge in [-0.25, -0.2) is 9.97 Å². The van der Waals surface area contributed by atoms with E-state index in [4.69, 9.17) is 0 Å². The van der Waals surface area contributed by atoms with Crippen LogP contribution >= 0.6 is 22.7 Å². The summed E-state index contributed by atoms with van der Waals surface area (Å²) < 4.78 is 0. The van der Waals surface area contributed by atoms with E-state index < -0.39 is 0 Å². The fraction of sp³-hybridized carbons (Fsp3) is 0.400. The molecule has 1 N–H and O–H groups in total. The fourth-order valence-electron chi connectivity index (χ4n) is 1.36. The van der Waals surface area contributed by atoms with Gasteiger partial charge in [0.15, 0.2) is 0 Å². The van der Waals surface area contributed by atoms with Gasteiger partial charge in [-0.05, 0) is 13.8 Å². The van der Waals surface area contributed by atoms with Crippen molar-refractivity contribution in [2.45, 2.75) is 25.9 Å². The molecule has 2 aromatic rings. The molecule has 0 bridgehead atoms. The van der Waals surface area contributed by atoms with E-state index in [1.54, 1.807) is 22.7 Å². The lowest BCUT2D eigenvalue weighted by atomic mass is 10.2. The summed E-state index contributed by atoms with van der Waals surface area (Å²) >= 11 is 3.28. The molecule has 1 atom stereocenters. The molecular weight excluding hydrogens is 226 g/mol. The SMILES string of the molecule is CC(C)NC(c1cscn1)c1nccs1. The van der Waals surface area contributed by atoms with Crippen LogP contribution in [0.4, 0.5) is 0 Å². The zero-order valence-corrected chi connectivity index (χ0v) is 10.3. The summed E-state index contributed by atoms with van der Waals surface area (Å²) in [5, 5.41) is 8.62. The second-order valence-corrected chi connectivity index (χ2v) is 5.18. The molecule has 2 heterocycles. The first-order valence-corrected chi connectivity index (χ1v) is 6.63. The van der Waals surface area contributed by atoms with Crippen LogP contribution in [0.15, 0.2) is 22.5 Å². The third-order valence-electron chi connectivity index (χ3n) is 1.95. The minimum atomic E-state index is 0.135. The van der Waals surface area contributed by atoms with E-state index in [1.807, 2.05) is 17.1 Å². The lowest BCUT2D eigenvalue weighted by Crippen LogP contribution is -2.29. The summed E-state index contributed by atoms with van der Waals surface area (Å²) in [4.78, 5) is 8.69. The summed E-state index contributed by atoms with van der Waals surface area (Å²) in [7, 11) is 0. The van der Waals surface area contributed by atoms with Gasteiger partial charge in [0.05, 0.1) is 11.2 Å². The normalized spacial score (nSPS) is 13.3. The smallest absolute Gasteiger partial charge is 0.116 e. The van der Waals surface area contributed by atoms with E-state index in [2.05, 4.69) is 34.5 Å². The molecule has 0 aliphatic carbocycles. The maximum absolute atomic E-state index is 4.35. The maximum Gasteiger partial charge on any atom is 0.116 e. The van der Waals surface area contributed by atoms with E-state index in [0.29, 0.717) is 6.04 Å². The minimum absolute atomic E-state index is 0.135. The molecule has 0 radical (unpaired) electrons. The average Bonchev–Trinajstić information content (AvgIpc) is 2.87. The lowest BCUT2D eigenvalue weighted by Gasteiger charge is -2.17. The molecule has 2 rings (SSSR count). The maximum atomic E-state index is 4.35. The molecular formula is C10H13N3S2. The average molecular weight is 239 g/mol. The van der Waals surface area contributed by atoms with E-state index in [9.17, 15) is 0 Å². The largest absolute Gasteiger partial charge is 0.301 e. The standard InChI is InChI=1S/C10H13N3S2/c1-7(2)13-9(8-5-14-6-12-8)10-11-3-4-15-10/h3-7,9,13H,1-2H3. The van der Waals surface area contributed by atoms with Gasteiger partial charge >= 0.3 is 0 Å². The number of aromatic nitrogens is 2. The van der Waals surface area contributed by atoms with Crippen LogP contribution in [-0.2, 0) is 0 Å². The number of nitrogens with one attached hydrogen (secondary N) is 1. The van der Waals surface area contributed by atoms with Crippen molar-refractivity contribution in [2.24, 2.45) is 0 Å². The van der Waals surface area contributed by atoms with Gasteiger partial charge in [0.25, 0.3) is 0 Å². The van der Waals surface area contributed by atoms with Crippen molar-refractivity contribution in [3.8, 4) is 0 Å². The monoisotopic (exact) mass is 239 g/mol. The van der Waals surface area contributed by atoms with Crippen LogP contribution in [0.5, 0.6) is 0 Å². The Hall–Kier alpha value is -0.780. The van der Waals surface area contributed by atoms with E-state index in [1.165, 1.54) is 0 Å². The van der Waals surface area contributed by atoms with Gasteiger partial charge in [-0.1, -0.05) is 0 Å². The molecule has 0 aliphatic rings. The predicted molar refractivity (Wildman–Crippen MR) is 64.3 cm³/mol. The number of rotatable bonds is 4. The molecule has 15 heavy (non-hydrogen) atoms. The highest BCUT2D eigenvalue weighted by Gasteiger charge is 2.18. The van der Waals surface area contributed by atoms with Gasteiger partial charge in [0.1, 0.15) is 11.0 Å².